The molecule has 0 atom stereocenters. The van der Waals surface area contributed by atoms with Crippen LogP contribution in [0, 0.1) is 13.8 Å². The topological polar surface area (TPSA) is 106 Å². The first-order valence-electron chi connectivity index (χ1n) is 9.71. The van der Waals surface area contributed by atoms with Crippen molar-refractivity contribution in [3.05, 3.63) is 88.2 Å². The number of aryl methyl sites for hydroxylation is 2. The molecule has 0 radical (unpaired) electrons. The maximum absolute atomic E-state index is 13.3. The Morgan fingerprint density at radius 3 is 2.77 bits per heavy atom. The number of pyridine rings is 1. The number of fused-ring (bicyclic) bond motifs is 2. The third-order valence-electron chi connectivity index (χ3n) is 5.09. The number of carbonyl (C=O) groups is 1. The standard InChI is InChI=1S/C23H18N6O2/c1-13-7-8-18-15(9-13)16(10-14(2)27-18)23(31)28-19-5-3-4-6-20(19)29-21-17(11-26-29)22(30)25-12-24-21/h3-12H,1-2H3,(H,28,31)(H,24,25,30). The molecule has 0 bridgehead atoms. The molecular formula is C23H18N6O2. The van der Waals surface area contributed by atoms with Gasteiger partial charge in [-0.3, -0.25) is 14.6 Å². The third kappa shape index (κ3) is 3.24. The van der Waals surface area contributed by atoms with Gasteiger partial charge in [-0.1, -0.05) is 23.8 Å². The highest BCUT2D eigenvalue weighted by atomic mass is 16.1. The highest BCUT2D eigenvalue weighted by Gasteiger charge is 2.17. The molecule has 31 heavy (non-hydrogen) atoms. The lowest BCUT2D eigenvalue weighted by Crippen LogP contribution is -2.15. The summed E-state index contributed by atoms with van der Waals surface area (Å²) < 4.78 is 1.54. The second-order valence-corrected chi connectivity index (χ2v) is 7.33. The molecule has 8 nitrogen and oxygen atoms in total. The van der Waals surface area contributed by atoms with Crippen molar-refractivity contribution >= 4 is 33.5 Å². The fourth-order valence-electron chi connectivity index (χ4n) is 3.65. The van der Waals surface area contributed by atoms with Crippen molar-refractivity contribution in [1.29, 1.82) is 0 Å². The van der Waals surface area contributed by atoms with Crippen molar-refractivity contribution in [2.24, 2.45) is 0 Å². The predicted molar refractivity (Wildman–Crippen MR) is 119 cm³/mol. The van der Waals surface area contributed by atoms with E-state index >= 15 is 0 Å². The number of benzene rings is 2. The Bertz CT molecular complexity index is 1530. The van der Waals surface area contributed by atoms with Crippen LogP contribution >= 0.6 is 0 Å². The molecule has 2 N–H and O–H groups in total. The summed E-state index contributed by atoms with van der Waals surface area (Å²) in [5.41, 5.74) is 4.41. The maximum Gasteiger partial charge on any atom is 0.261 e. The average molecular weight is 410 g/mol. The number of amides is 1. The monoisotopic (exact) mass is 410 g/mol. The van der Waals surface area contributed by atoms with E-state index in [-0.39, 0.29) is 11.5 Å². The number of rotatable bonds is 3. The zero-order chi connectivity index (χ0) is 21.5. The molecule has 0 aliphatic carbocycles. The summed E-state index contributed by atoms with van der Waals surface area (Å²) in [5.74, 6) is -0.254. The van der Waals surface area contributed by atoms with Crippen LogP contribution in [-0.4, -0.2) is 30.6 Å². The number of nitrogens with zero attached hydrogens (tertiary/aromatic N) is 4. The van der Waals surface area contributed by atoms with Crippen LogP contribution in [0.25, 0.3) is 27.6 Å². The van der Waals surface area contributed by atoms with Crippen LogP contribution in [0.4, 0.5) is 5.69 Å². The smallest absolute Gasteiger partial charge is 0.261 e. The molecule has 0 unspecified atom stereocenters. The summed E-state index contributed by atoms with van der Waals surface area (Å²) in [4.78, 5) is 36.6. The van der Waals surface area contributed by atoms with Gasteiger partial charge in [0.25, 0.3) is 11.5 Å². The van der Waals surface area contributed by atoms with Crippen LogP contribution < -0.4 is 10.9 Å². The summed E-state index contributed by atoms with van der Waals surface area (Å²) in [6, 6.07) is 14.9. The van der Waals surface area contributed by atoms with Crippen LogP contribution in [0.15, 0.2) is 65.8 Å². The fourth-order valence-corrected chi connectivity index (χ4v) is 3.65. The molecule has 1 amide bonds. The van der Waals surface area contributed by atoms with E-state index in [0.29, 0.717) is 28.0 Å². The Kier molecular flexibility index (Phi) is 4.32. The van der Waals surface area contributed by atoms with Gasteiger partial charge in [0.05, 0.1) is 35.0 Å². The van der Waals surface area contributed by atoms with E-state index in [1.54, 1.807) is 16.8 Å². The highest BCUT2D eigenvalue weighted by molar-refractivity contribution is 6.13. The quantitative estimate of drug-likeness (QED) is 0.473. The number of H-pyrrole nitrogens is 1. The number of carbonyl (C=O) groups excluding carboxylic acids is 1. The summed E-state index contributed by atoms with van der Waals surface area (Å²) in [7, 11) is 0. The van der Waals surface area contributed by atoms with Crippen molar-refractivity contribution < 1.29 is 4.79 Å². The van der Waals surface area contributed by atoms with E-state index in [2.05, 4.69) is 25.4 Å². The van der Waals surface area contributed by atoms with E-state index in [0.717, 1.165) is 22.2 Å². The Labute approximate surface area is 176 Å². The molecule has 8 heteroatoms. The Balaban J connectivity index is 1.60. The molecule has 0 aliphatic rings. The van der Waals surface area contributed by atoms with Gasteiger partial charge in [-0.2, -0.15) is 5.10 Å². The minimum Gasteiger partial charge on any atom is -0.320 e. The maximum atomic E-state index is 13.3. The van der Waals surface area contributed by atoms with Crippen molar-refractivity contribution in [2.75, 3.05) is 5.32 Å². The molecule has 5 aromatic rings. The predicted octanol–water partition coefficient (Wildman–Crippen LogP) is 3.53. The number of para-hydroxylation sites is 2. The Hall–Kier alpha value is -4.33. The van der Waals surface area contributed by atoms with Gasteiger partial charge < -0.3 is 10.3 Å². The van der Waals surface area contributed by atoms with E-state index in [4.69, 9.17) is 0 Å². The first kappa shape index (κ1) is 18.7. The number of hydrogen-bond acceptors (Lipinski definition) is 5. The van der Waals surface area contributed by atoms with Crippen LogP contribution in [0.1, 0.15) is 21.6 Å². The Morgan fingerprint density at radius 1 is 1.06 bits per heavy atom. The minimum atomic E-state index is -0.271. The molecule has 2 aromatic carbocycles. The molecular weight excluding hydrogens is 392 g/mol. The normalized spacial score (nSPS) is 11.2. The van der Waals surface area contributed by atoms with Crippen LogP contribution in [0.5, 0.6) is 0 Å². The van der Waals surface area contributed by atoms with Crippen LogP contribution in [0.3, 0.4) is 0 Å². The molecule has 0 fully saturated rings. The van der Waals surface area contributed by atoms with Crippen molar-refractivity contribution in [2.45, 2.75) is 13.8 Å². The summed E-state index contributed by atoms with van der Waals surface area (Å²) >= 11 is 0. The second-order valence-electron chi connectivity index (χ2n) is 7.33. The van der Waals surface area contributed by atoms with Crippen LogP contribution in [-0.2, 0) is 0 Å². The lowest BCUT2D eigenvalue weighted by atomic mass is 10.0. The molecule has 0 aliphatic heterocycles. The lowest BCUT2D eigenvalue weighted by molar-refractivity contribution is 0.102. The van der Waals surface area contributed by atoms with Gasteiger partial charge in [0.1, 0.15) is 5.39 Å². The van der Waals surface area contributed by atoms with Crippen molar-refractivity contribution in [3.63, 3.8) is 0 Å². The Morgan fingerprint density at radius 2 is 1.90 bits per heavy atom. The number of hydrogen-bond donors (Lipinski definition) is 2. The summed E-state index contributed by atoms with van der Waals surface area (Å²) in [6.45, 7) is 3.84. The first-order valence-corrected chi connectivity index (χ1v) is 9.71. The molecule has 3 aromatic heterocycles. The molecule has 0 saturated heterocycles. The molecule has 0 saturated carbocycles. The van der Waals surface area contributed by atoms with Gasteiger partial charge in [0.15, 0.2) is 5.65 Å². The zero-order valence-corrected chi connectivity index (χ0v) is 16.9. The van der Waals surface area contributed by atoms with E-state index in [1.165, 1.54) is 12.5 Å². The third-order valence-corrected chi connectivity index (χ3v) is 5.09. The molecule has 5 rings (SSSR count). The summed E-state index contributed by atoms with van der Waals surface area (Å²) in [6.07, 6.45) is 2.79. The second kappa shape index (κ2) is 7.17. The minimum absolute atomic E-state index is 0.254. The largest absolute Gasteiger partial charge is 0.320 e. The van der Waals surface area contributed by atoms with Crippen molar-refractivity contribution in [1.82, 2.24) is 24.7 Å². The molecule has 152 valence electrons. The zero-order valence-electron chi connectivity index (χ0n) is 16.9. The number of aromatic nitrogens is 5. The molecule has 0 spiro atoms. The first-order chi connectivity index (χ1) is 15.0. The van der Waals surface area contributed by atoms with Gasteiger partial charge in [0, 0.05) is 11.1 Å². The van der Waals surface area contributed by atoms with Crippen LogP contribution in [0.2, 0.25) is 0 Å². The van der Waals surface area contributed by atoms with Gasteiger partial charge in [-0.25, -0.2) is 9.67 Å². The van der Waals surface area contributed by atoms with Crippen molar-refractivity contribution in [3.8, 4) is 5.69 Å². The summed E-state index contributed by atoms with van der Waals surface area (Å²) in [5, 5.41) is 8.47. The van der Waals surface area contributed by atoms with Gasteiger partial charge >= 0.3 is 0 Å². The number of nitrogens with one attached hydrogen (secondary N) is 2. The van der Waals surface area contributed by atoms with Gasteiger partial charge in [-0.05, 0) is 44.2 Å². The fraction of sp³-hybridized carbons (Fsp3) is 0.0870. The van der Waals surface area contributed by atoms with E-state index < -0.39 is 0 Å². The van der Waals surface area contributed by atoms with Gasteiger partial charge in [0.2, 0.25) is 0 Å². The lowest BCUT2D eigenvalue weighted by Gasteiger charge is -2.13. The number of anilines is 1. The van der Waals surface area contributed by atoms with E-state index in [1.807, 2.05) is 50.2 Å². The SMILES string of the molecule is Cc1ccc2nc(C)cc(C(=O)Nc3ccccc3-n3ncc4c(=O)[nH]cnc43)c2c1. The average Bonchev–Trinajstić information content (AvgIpc) is 3.19. The van der Waals surface area contributed by atoms with E-state index in [9.17, 15) is 9.59 Å². The highest BCUT2D eigenvalue weighted by Crippen LogP contribution is 2.25. The number of aromatic amines is 1. The molecule has 3 heterocycles. The van der Waals surface area contributed by atoms with Gasteiger partial charge in [-0.15, -0.1) is 0 Å².